The van der Waals surface area contributed by atoms with Crippen molar-refractivity contribution in [2.24, 2.45) is 16.7 Å². The fourth-order valence-electron chi connectivity index (χ4n) is 3.14. The maximum Gasteiger partial charge on any atom is 0.449 e. The molecule has 1 heterocycles. The molecule has 0 aromatic carbocycles. The predicted octanol–water partition coefficient (Wildman–Crippen LogP) is 5.45. The second-order valence-corrected chi connectivity index (χ2v) is 7.04. The molecule has 2 rings (SSSR count). The van der Waals surface area contributed by atoms with Gasteiger partial charge in [0.2, 0.25) is 5.76 Å². The Balaban J connectivity index is 2.27. The molecule has 1 aliphatic carbocycles. The molecule has 0 spiro atoms. The van der Waals surface area contributed by atoms with Crippen LogP contribution in [-0.4, -0.2) is 17.3 Å². The molecule has 1 N–H and O–H groups in total. The Labute approximate surface area is 155 Å². The largest absolute Gasteiger partial charge is 0.481 e. The minimum Gasteiger partial charge on any atom is -0.481 e. The van der Waals surface area contributed by atoms with Crippen LogP contribution < -0.4 is 0 Å². The van der Waals surface area contributed by atoms with Crippen LogP contribution in [0.25, 0.3) is 0 Å². The molecule has 0 saturated heterocycles. The van der Waals surface area contributed by atoms with Crippen molar-refractivity contribution in [3.63, 3.8) is 0 Å². The lowest BCUT2D eigenvalue weighted by Gasteiger charge is -2.11. The molecule has 27 heavy (non-hydrogen) atoms. The monoisotopic (exact) mass is 414 g/mol. The summed E-state index contributed by atoms with van der Waals surface area (Å²) >= 11 is 5.21. The van der Waals surface area contributed by atoms with Crippen LogP contribution in [0.5, 0.6) is 0 Å². The predicted molar refractivity (Wildman–Crippen MR) is 82.5 cm³/mol. The molecule has 0 amide bonds. The topological polar surface area (TPSA) is 50.4 Å². The SMILES string of the molecule is CC1(C)[C@@H](/C=C(\Cl)C(F)(F)F)[C@@]1(CC#Cc1ccc(C(F)(F)F)o1)C(=O)O. The van der Waals surface area contributed by atoms with E-state index >= 15 is 0 Å². The fourth-order valence-corrected chi connectivity index (χ4v) is 3.26. The van der Waals surface area contributed by atoms with Crippen molar-refractivity contribution in [2.45, 2.75) is 32.6 Å². The number of carbonyl (C=O) groups is 1. The van der Waals surface area contributed by atoms with Crippen molar-refractivity contribution in [3.8, 4) is 11.8 Å². The molecule has 1 fully saturated rings. The zero-order chi connectivity index (χ0) is 20.8. The fraction of sp³-hybridized carbons (Fsp3) is 0.471. The molecule has 0 aliphatic heterocycles. The molecule has 1 aliphatic rings. The summed E-state index contributed by atoms with van der Waals surface area (Å²) in [5.41, 5.74) is -2.73. The molecule has 0 unspecified atom stereocenters. The summed E-state index contributed by atoms with van der Waals surface area (Å²) in [4.78, 5) is 11.7. The van der Waals surface area contributed by atoms with Crippen LogP contribution in [0.15, 0.2) is 27.7 Å². The Morgan fingerprint density at radius 2 is 1.89 bits per heavy atom. The lowest BCUT2D eigenvalue weighted by Crippen LogP contribution is -2.21. The number of carboxylic acid groups (broad SMARTS) is 1. The third-order valence-electron chi connectivity index (χ3n) is 4.80. The number of alkyl halides is 6. The van der Waals surface area contributed by atoms with E-state index in [1.54, 1.807) is 0 Å². The van der Waals surface area contributed by atoms with E-state index in [2.05, 4.69) is 16.3 Å². The average Bonchev–Trinajstić information content (AvgIpc) is 2.85. The highest BCUT2D eigenvalue weighted by Gasteiger charge is 2.74. The van der Waals surface area contributed by atoms with E-state index in [0.29, 0.717) is 12.1 Å². The van der Waals surface area contributed by atoms with Crippen molar-refractivity contribution in [1.82, 2.24) is 0 Å². The molecular formula is C17H13ClF6O3. The first-order chi connectivity index (χ1) is 12.1. The summed E-state index contributed by atoms with van der Waals surface area (Å²) in [5.74, 6) is 0.667. The highest BCUT2D eigenvalue weighted by atomic mass is 35.5. The van der Waals surface area contributed by atoms with Gasteiger partial charge in [0.1, 0.15) is 5.03 Å². The van der Waals surface area contributed by atoms with Crippen molar-refractivity contribution in [2.75, 3.05) is 0 Å². The number of hydrogen-bond donors (Lipinski definition) is 1. The van der Waals surface area contributed by atoms with Gasteiger partial charge in [0.05, 0.1) is 5.41 Å². The Morgan fingerprint density at radius 1 is 1.30 bits per heavy atom. The van der Waals surface area contributed by atoms with E-state index in [0.717, 1.165) is 6.07 Å². The zero-order valence-electron chi connectivity index (χ0n) is 13.9. The van der Waals surface area contributed by atoms with E-state index in [9.17, 15) is 36.2 Å². The van der Waals surface area contributed by atoms with E-state index < -0.39 is 45.9 Å². The van der Waals surface area contributed by atoms with E-state index in [1.807, 2.05) is 0 Å². The molecular weight excluding hydrogens is 402 g/mol. The van der Waals surface area contributed by atoms with Gasteiger partial charge in [0.15, 0.2) is 5.76 Å². The van der Waals surface area contributed by atoms with Gasteiger partial charge < -0.3 is 9.52 Å². The molecule has 148 valence electrons. The lowest BCUT2D eigenvalue weighted by molar-refractivity contribution is -0.153. The summed E-state index contributed by atoms with van der Waals surface area (Å²) < 4.78 is 79.8. The molecule has 10 heteroatoms. The molecule has 1 aromatic heterocycles. The van der Waals surface area contributed by atoms with Crippen molar-refractivity contribution >= 4 is 17.6 Å². The summed E-state index contributed by atoms with van der Waals surface area (Å²) in [6.07, 6.45) is -9.24. The van der Waals surface area contributed by atoms with Gasteiger partial charge in [0.25, 0.3) is 0 Å². The quantitative estimate of drug-likeness (QED) is 0.528. The van der Waals surface area contributed by atoms with Crippen LogP contribution in [0, 0.1) is 28.6 Å². The highest BCUT2D eigenvalue weighted by Crippen LogP contribution is 2.72. The third-order valence-corrected chi connectivity index (χ3v) is 5.14. The summed E-state index contributed by atoms with van der Waals surface area (Å²) in [5, 5.41) is 8.11. The smallest absolute Gasteiger partial charge is 0.449 e. The van der Waals surface area contributed by atoms with Gasteiger partial charge in [-0.25, -0.2) is 0 Å². The van der Waals surface area contributed by atoms with Gasteiger partial charge in [-0.3, -0.25) is 4.79 Å². The average molecular weight is 415 g/mol. The Kier molecular flexibility index (Phi) is 5.12. The van der Waals surface area contributed by atoms with Crippen LogP contribution in [-0.2, 0) is 11.0 Å². The second-order valence-electron chi connectivity index (χ2n) is 6.63. The minimum atomic E-state index is -4.81. The first-order valence-corrected chi connectivity index (χ1v) is 7.85. The molecule has 0 radical (unpaired) electrons. The van der Waals surface area contributed by atoms with E-state index in [4.69, 9.17) is 11.6 Å². The Bertz CT molecular complexity index is 837. The van der Waals surface area contributed by atoms with Crippen molar-refractivity contribution in [1.29, 1.82) is 0 Å². The molecule has 3 nitrogen and oxygen atoms in total. The van der Waals surface area contributed by atoms with Gasteiger partial charge in [-0.05, 0) is 23.5 Å². The van der Waals surface area contributed by atoms with Crippen LogP contribution in [0.4, 0.5) is 26.3 Å². The first kappa shape index (κ1) is 21.2. The molecule has 1 aromatic rings. The number of hydrogen-bond acceptors (Lipinski definition) is 2. The van der Waals surface area contributed by atoms with Crippen molar-refractivity contribution < 1.29 is 40.7 Å². The maximum atomic E-state index is 12.6. The number of carboxylic acids is 1. The van der Waals surface area contributed by atoms with Crippen LogP contribution in [0.1, 0.15) is 31.8 Å². The lowest BCUT2D eigenvalue weighted by atomic mass is 9.92. The number of rotatable bonds is 3. The van der Waals surface area contributed by atoms with Gasteiger partial charge in [-0.2, -0.15) is 26.3 Å². The number of allylic oxidation sites excluding steroid dienone is 2. The normalized spacial score (nSPS) is 24.9. The van der Waals surface area contributed by atoms with Gasteiger partial charge in [-0.15, -0.1) is 0 Å². The number of furan rings is 1. The Morgan fingerprint density at radius 3 is 2.33 bits per heavy atom. The van der Waals surface area contributed by atoms with Crippen molar-refractivity contribution in [3.05, 3.63) is 34.8 Å². The molecule has 2 atom stereocenters. The molecule has 1 saturated carbocycles. The Hall–Kier alpha value is -2.08. The summed E-state index contributed by atoms with van der Waals surface area (Å²) in [6, 6.07) is 1.64. The number of aliphatic carboxylic acids is 1. The number of halogens is 7. The van der Waals surface area contributed by atoms with Gasteiger partial charge >= 0.3 is 18.3 Å². The summed E-state index contributed by atoms with van der Waals surface area (Å²) in [7, 11) is 0. The molecule has 0 bridgehead atoms. The first-order valence-electron chi connectivity index (χ1n) is 7.48. The standard InChI is InChI=1S/C17H13ClF6O3/c1-14(2)10(8-11(18)16(19,20)21)15(14,13(25)26)7-3-4-9-5-6-12(27-9)17(22,23)24/h5-6,8,10H,7H2,1-2H3,(H,25,26)/b11-8-/t10-,15+/m1/s1. The minimum absolute atomic E-state index is 0.332. The zero-order valence-corrected chi connectivity index (χ0v) is 14.7. The third kappa shape index (κ3) is 3.81. The second kappa shape index (κ2) is 6.51. The highest BCUT2D eigenvalue weighted by molar-refractivity contribution is 6.30. The maximum absolute atomic E-state index is 12.6. The van der Waals surface area contributed by atoms with E-state index in [1.165, 1.54) is 13.8 Å². The van der Waals surface area contributed by atoms with Gasteiger partial charge in [0, 0.05) is 12.3 Å². The van der Waals surface area contributed by atoms with Gasteiger partial charge in [-0.1, -0.05) is 37.4 Å². The van der Waals surface area contributed by atoms with Crippen LogP contribution >= 0.6 is 11.6 Å². The summed E-state index contributed by atoms with van der Waals surface area (Å²) in [6.45, 7) is 2.91. The van der Waals surface area contributed by atoms with E-state index in [-0.39, 0.29) is 12.2 Å². The van der Waals surface area contributed by atoms with Crippen LogP contribution in [0.2, 0.25) is 0 Å². The van der Waals surface area contributed by atoms with Crippen LogP contribution in [0.3, 0.4) is 0 Å².